The largest absolute Gasteiger partial charge is 0.497 e. The van der Waals surface area contributed by atoms with Crippen molar-refractivity contribution in [1.29, 1.82) is 0 Å². The minimum atomic E-state index is -4.58. The van der Waals surface area contributed by atoms with Gasteiger partial charge in [-0.1, -0.05) is 6.07 Å². The molecule has 6 heteroatoms. The van der Waals surface area contributed by atoms with Gasteiger partial charge in [-0.3, -0.25) is 0 Å². The van der Waals surface area contributed by atoms with Crippen LogP contribution >= 0.6 is 0 Å². The zero-order valence-electron chi connectivity index (χ0n) is 9.44. The highest BCUT2D eigenvalue weighted by Gasteiger charge is 2.48. The van der Waals surface area contributed by atoms with E-state index in [1.54, 1.807) is 0 Å². The maximum Gasteiger partial charge on any atom is 0.406 e. The summed E-state index contributed by atoms with van der Waals surface area (Å²) in [5, 5.41) is 0. The molecule has 0 aliphatic carbocycles. The van der Waals surface area contributed by atoms with Crippen LogP contribution in [0.15, 0.2) is 18.2 Å². The van der Waals surface area contributed by atoms with Gasteiger partial charge in [0.15, 0.2) is 0 Å². The third kappa shape index (κ3) is 3.09. The van der Waals surface area contributed by atoms with Gasteiger partial charge in [0.25, 0.3) is 0 Å². The summed E-state index contributed by atoms with van der Waals surface area (Å²) in [5.74, 6) is -0.512. The van der Waals surface area contributed by atoms with Crippen molar-refractivity contribution in [3.63, 3.8) is 0 Å². The molecule has 1 aromatic carbocycles. The van der Waals surface area contributed by atoms with E-state index < -0.39 is 24.0 Å². The van der Waals surface area contributed by atoms with Gasteiger partial charge in [-0.15, -0.1) is 0 Å². The molecular weight excluding hydrogens is 238 g/mol. The summed E-state index contributed by atoms with van der Waals surface area (Å²) in [6.07, 6.45) is -5.20. The van der Waals surface area contributed by atoms with Gasteiger partial charge >= 0.3 is 6.18 Å². The third-order valence-electron chi connectivity index (χ3n) is 2.47. The lowest BCUT2D eigenvalue weighted by atomic mass is 9.93. The van der Waals surface area contributed by atoms with Gasteiger partial charge < -0.3 is 10.5 Å². The van der Waals surface area contributed by atoms with Crippen LogP contribution in [0.25, 0.3) is 0 Å². The van der Waals surface area contributed by atoms with Gasteiger partial charge in [-0.2, -0.15) is 13.2 Å². The molecule has 0 aliphatic rings. The minimum absolute atomic E-state index is 0.0897. The summed E-state index contributed by atoms with van der Waals surface area (Å²) in [6.45, 7) is 0.830. The van der Waals surface area contributed by atoms with Crippen LogP contribution in [0.5, 0.6) is 5.75 Å². The minimum Gasteiger partial charge on any atom is -0.497 e. The lowest BCUT2D eigenvalue weighted by molar-refractivity contribution is -0.180. The summed E-state index contributed by atoms with van der Waals surface area (Å²) in [5.41, 5.74) is 2.60. The number of halogens is 4. The van der Waals surface area contributed by atoms with Crippen LogP contribution in [0.1, 0.15) is 12.5 Å². The van der Waals surface area contributed by atoms with Crippen molar-refractivity contribution in [2.75, 3.05) is 7.11 Å². The Labute approximate surface area is 96.4 Å². The van der Waals surface area contributed by atoms with E-state index in [0.29, 0.717) is 0 Å². The van der Waals surface area contributed by atoms with E-state index in [4.69, 9.17) is 10.5 Å². The zero-order chi connectivity index (χ0) is 13.3. The Bertz CT molecular complexity index is 401. The fraction of sp³-hybridized carbons (Fsp3) is 0.455. The number of hydrogen-bond acceptors (Lipinski definition) is 2. The normalized spacial score (nSPS) is 15.5. The topological polar surface area (TPSA) is 35.2 Å². The second kappa shape index (κ2) is 4.52. The Morgan fingerprint density at radius 1 is 1.29 bits per heavy atom. The Balaban J connectivity index is 2.96. The highest BCUT2D eigenvalue weighted by molar-refractivity contribution is 5.30. The van der Waals surface area contributed by atoms with Crippen molar-refractivity contribution in [2.24, 2.45) is 5.73 Å². The number of methoxy groups -OCH3 is 1. The van der Waals surface area contributed by atoms with Gasteiger partial charge in [0.2, 0.25) is 0 Å². The van der Waals surface area contributed by atoms with Crippen molar-refractivity contribution < 1.29 is 22.3 Å². The van der Waals surface area contributed by atoms with E-state index in [0.717, 1.165) is 13.0 Å². The van der Waals surface area contributed by atoms with Crippen LogP contribution in [0.2, 0.25) is 0 Å². The summed E-state index contributed by atoms with van der Waals surface area (Å²) in [7, 11) is 1.34. The molecule has 0 aromatic heterocycles. The van der Waals surface area contributed by atoms with E-state index in [9.17, 15) is 17.6 Å². The number of benzene rings is 1. The highest BCUT2D eigenvalue weighted by Crippen LogP contribution is 2.31. The molecule has 0 fully saturated rings. The quantitative estimate of drug-likeness (QED) is 0.838. The van der Waals surface area contributed by atoms with Crippen LogP contribution in [0, 0.1) is 5.82 Å². The second-order valence-electron chi connectivity index (χ2n) is 4.05. The fourth-order valence-electron chi connectivity index (χ4n) is 1.29. The summed E-state index contributed by atoms with van der Waals surface area (Å²) in [4.78, 5) is 0. The SMILES string of the molecule is COc1ccc(CC(C)(N)C(F)(F)F)c(F)c1. The maximum atomic E-state index is 13.5. The molecule has 2 nitrogen and oxygen atoms in total. The lowest BCUT2D eigenvalue weighted by Crippen LogP contribution is -2.52. The molecular formula is C11H13F4NO. The van der Waals surface area contributed by atoms with E-state index in [-0.39, 0.29) is 11.3 Å². The molecule has 0 saturated carbocycles. The van der Waals surface area contributed by atoms with Crippen molar-refractivity contribution >= 4 is 0 Å². The van der Waals surface area contributed by atoms with Gasteiger partial charge in [-0.25, -0.2) is 4.39 Å². The number of nitrogens with two attached hydrogens (primary N) is 1. The summed E-state index contributed by atoms with van der Waals surface area (Å²) in [6, 6.07) is 3.66. The van der Waals surface area contributed by atoms with E-state index in [2.05, 4.69) is 0 Å². The molecule has 1 atom stereocenters. The molecule has 1 unspecified atom stereocenters. The van der Waals surface area contributed by atoms with Gasteiger partial charge in [-0.05, 0) is 18.6 Å². The molecule has 0 radical (unpaired) electrons. The van der Waals surface area contributed by atoms with Crippen LogP contribution in [-0.2, 0) is 6.42 Å². The third-order valence-corrected chi connectivity index (χ3v) is 2.47. The maximum absolute atomic E-state index is 13.5. The molecule has 0 saturated heterocycles. The molecule has 2 N–H and O–H groups in total. The molecule has 0 aliphatic heterocycles. The van der Waals surface area contributed by atoms with Gasteiger partial charge in [0.05, 0.1) is 7.11 Å². The molecule has 0 heterocycles. The molecule has 17 heavy (non-hydrogen) atoms. The molecule has 0 amide bonds. The molecule has 1 rings (SSSR count). The predicted molar refractivity (Wildman–Crippen MR) is 55.3 cm³/mol. The first kappa shape index (κ1) is 13.8. The average Bonchev–Trinajstić information content (AvgIpc) is 2.19. The van der Waals surface area contributed by atoms with E-state index >= 15 is 0 Å². The zero-order valence-corrected chi connectivity index (χ0v) is 9.44. The van der Waals surface area contributed by atoms with Crippen LogP contribution in [0.3, 0.4) is 0 Å². The first-order chi connectivity index (χ1) is 7.67. The van der Waals surface area contributed by atoms with Gasteiger partial charge in [0, 0.05) is 12.5 Å². The van der Waals surface area contributed by atoms with Crippen molar-refractivity contribution in [3.05, 3.63) is 29.6 Å². The first-order valence-electron chi connectivity index (χ1n) is 4.85. The van der Waals surface area contributed by atoms with Crippen LogP contribution in [0.4, 0.5) is 17.6 Å². The monoisotopic (exact) mass is 251 g/mol. The Hall–Kier alpha value is -1.30. The molecule has 0 bridgehead atoms. The lowest BCUT2D eigenvalue weighted by Gasteiger charge is -2.27. The predicted octanol–water partition coefficient (Wildman–Crippen LogP) is 2.66. The summed E-state index contributed by atoms with van der Waals surface area (Å²) >= 11 is 0. The Morgan fingerprint density at radius 3 is 2.29 bits per heavy atom. The Morgan fingerprint density at radius 2 is 1.88 bits per heavy atom. The number of rotatable bonds is 3. The second-order valence-corrected chi connectivity index (χ2v) is 4.05. The number of alkyl halides is 3. The van der Waals surface area contributed by atoms with Crippen LogP contribution in [-0.4, -0.2) is 18.8 Å². The van der Waals surface area contributed by atoms with E-state index in [1.165, 1.54) is 19.2 Å². The number of hydrogen-bond donors (Lipinski definition) is 1. The molecule has 96 valence electrons. The molecule has 1 aromatic rings. The standard InChI is InChI=1S/C11H13F4NO/c1-10(16,11(13,14)15)6-7-3-4-8(17-2)5-9(7)12/h3-5H,6,16H2,1-2H3. The van der Waals surface area contributed by atoms with Gasteiger partial charge in [0.1, 0.15) is 17.1 Å². The van der Waals surface area contributed by atoms with E-state index in [1.807, 2.05) is 0 Å². The van der Waals surface area contributed by atoms with Crippen molar-refractivity contribution in [1.82, 2.24) is 0 Å². The van der Waals surface area contributed by atoms with Crippen LogP contribution < -0.4 is 10.5 Å². The first-order valence-corrected chi connectivity index (χ1v) is 4.85. The average molecular weight is 251 g/mol. The summed E-state index contributed by atoms with van der Waals surface area (Å²) < 4.78 is 55.8. The van der Waals surface area contributed by atoms with Crippen molar-refractivity contribution in [2.45, 2.75) is 25.1 Å². The molecule has 0 spiro atoms. The van der Waals surface area contributed by atoms with Crippen molar-refractivity contribution in [3.8, 4) is 5.75 Å². The highest BCUT2D eigenvalue weighted by atomic mass is 19.4. The number of ether oxygens (including phenoxy) is 1. The fourth-order valence-corrected chi connectivity index (χ4v) is 1.29. The Kier molecular flexibility index (Phi) is 3.66. The smallest absolute Gasteiger partial charge is 0.406 e.